The smallest absolute Gasteiger partial charge is 0.266 e. The van der Waals surface area contributed by atoms with Crippen molar-refractivity contribution in [3.05, 3.63) is 58.1 Å². The summed E-state index contributed by atoms with van der Waals surface area (Å²) in [7, 11) is -6.09. The van der Waals surface area contributed by atoms with Gasteiger partial charge in [-0.25, -0.2) is 13.1 Å². The molecular weight excluding hydrogens is 437 g/mol. The van der Waals surface area contributed by atoms with E-state index in [1.165, 1.54) is 30.3 Å². The summed E-state index contributed by atoms with van der Waals surface area (Å²) < 4.78 is 33.2. The quantitative estimate of drug-likeness (QED) is 0.599. The topological polar surface area (TPSA) is 72.5 Å². The number of hydrogen-bond acceptors (Lipinski definition) is 4. The molecule has 9 heteroatoms. The zero-order valence-electron chi connectivity index (χ0n) is 16.3. The lowest BCUT2D eigenvalue weighted by molar-refractivity contribution is 0.0981. The van der Waals surface area contributed by atoms with Crippen molar-refractivity contribution in [2.75, 3.05) is 0 Å². The van der Waals surface area contributed by atoms with Crippen molar-refractivity contribution in [2.45, 2.75) is 43.8 Å². The second kappa shape index (κ2) is 8.06. The van der Waals surface area contributed by atoms with E-state index in [1.54, 1.807) is 12.1 Å². The molecule has 28 heavy (non-hydrogen) atoms. The van der Waals surface area contributed by atoms with E-state index in [0.29, 0.717) is 10.8 Å². The largest absolute Gasteiger partial charge is 0.544 e. The molecule has 1 amide bonds. The van der Waals surface area contributed by atoms with Crippen molar-refractivity contribution >= 4 is 47.4 Å². The number of amides is 1. The number of benzene rings is 2. The van der Waals surface area contributed by atoms with Crippen LogP contribution in [0.2, 0.25) is 28.2 Å². The Bertz CT molecular complexity index is 984. The van der Waals surface area contributed by atoms with Gasteiger partial charge in [0.05, 0.1) is 15.5 Å². The highest BCUT2D eigenvalue weighted by Crippen LogP contribution is 2.37. The molecule has 2 aromatic carbocycles. The molecule has 0 fully saturated rings. The zero-order valence-corrected chi connectivity index (χ0v) is 19.7. The summed E-state index contributed by atoms with van der Waals surface area (Å²) >= 11 is 11.8. The number of nitrogens with one attached hydrogen (secondary N) is 1. The molecule has 5 nitrogen and oxygen atoms in total. The third-order valence-electron chi connectivity index (χ3n) is 4.72. The predicted octanol–water partition coefficient (Wildman–Crippen LogP) is 5.50. The molecular formula is C19H23Cl2NO4SSi. The van der Waals surface area contributed by atoms with E-state index >= 15 is 0 Å². The van der Waals surface area contributed by atoms with Crippen LogP contribution in [-0.2, 0) is 10.0 Å². The number of sulfonamides is 1. The van der Waals surface area contributed by atoms with Gasteiger partial charge in [0.2, 0.25) is 8.32 Å². The fourth-order valence-electron chi connectivity index (χ4n) is 2.04. The molecule has 2 aromatic rings. The highest BCUT2D eigenvalue weighted by molar-refractivity contribution is 7.90. The SMILES string of the molecule is CC(C)(C)[Si](C)(C)Oc1ccc(S(=O)(=O)NC(=O)c2ccc(Cl)cc2Cl)cc1. The Morgan fingerprint density at radius 2 is 1.61 bits per heavy atom. The van der Waals surface area contributed by atoms with Gasteiger partial charge in [-0.1, -0.05) is 44.0 Å². The van der Waals surface area contributed by atoms with Crippen LogP contribution in [0.3, 0.4) is 0 Å². The van der Waals surface area contributed by atoms with Gasteiger partial charge in [-0.2, -0.15) is 0 Å². The molecule has 0 bridgehead atoms. The normalized spacial score (nSPS) is 12.5. The lowest BCUT2D eigenvalue weighted by Crippen LogP contribution is -2.43. The predicted molar refractivity (Wildman–Crippen MR) is 115 cm³/mol. The fraction of sp³-hybridized carbons (Fsp3) is 0.316. The summed E-state index contributed by atoms with van der Waals surface area (Å²) in [5.74, 6) is -0.235. The molecule has 0 aliphatic rings. The number of hydrogen-bond donors (Lipinski definition) is 1. The van der Waals surface area contributed by atoms with E-state index in [2.05, 4.69) is 33.9 Å². The van der Waals surface area contributed by atoms with Crippen LogP contribution >= 0.6 is 23.2 Å². The minimum atomic E-state index is -4.06. The van der Waals surface area contributed by atoms with E-state index in [9.17, 15) is 13.2 Å². The maximum atomic E-state index is 12.5. The van der Waals surface area contributed by atoms with E-state index < -0.39 is 24.2 Å². The minimum Gasteiger partial charge on any atom is -0.544 e. The van der Waals surface area contributed by atoms with Crippen molar-refractivity contribution in [3.63, 3.8) is 0 Å². The highest BCUT2D eigenvalue weighted by Gasteiger charge is 2.39. The van der Waals surface area contributed by atoms with Crippen LogP contribution in [0.1, 0.15) is 31.1 Å². The van der Waals surface area contributed by atoms with Crippen LogP contribution in [0.4, 0.5) is 0 Å². The van der Waals surface area contributed by atoms with Gasteiger partial charge in [-0.05, 0) is 60.6 Å². The number of carbonyl (C=O) groups excluding carboxylic acids is 1. The van der Waals surface area contributed by atoms with Crippen LogP contribution < -0.4 is 9.15 Å². The van der Waals surface area contributed by atoms with Crippen LogP contribution in [0.15, 0.2) is 47.4 Å². The number of halogens is 2. The fourth-order valence-corrected chi connectivity index (χ4v) is 4.54. The number of carbonyl (C=O) groups is 1. The standard InChI is InChI=1S/C19H23Cl2NO4SSi/c1-19(2,3)28(4,5)26-14-7-9-15(10-8-14)27(24,25)22-18(23)16-11-6-13(20)12-17(16)21/h6-12H,1-5H3,(H,22,23). The van der Waals surface area contributed by atoms with Crippen molar-refractivity contribution < 1.29 is 17.6 Å². The van der Waals surface area contributed by atoms with Gasteiger partial charge in [0.15, 0.2) is 0 Å². The summed E-state index contributed by atoms with van der Waals surface area (Å²) in [4.78, 5) is 12.2. The van der Waals surface area contributed by atoms with Crippen LogP contribution in [-0.4, -0.2) is 22.6 Å². The molecule has 0 saturated carbocycles. The summed E-state index contributed by atoms with van der Waals surface area (Å²) in [6.07, 6.45) is 0. The Labute approximate surface area is 177 Å². The first-order chi connectivity index (χ1) is 12.7. The molecule has 1 N–H and O–H groups in total. The molecule has 0 aromatic heterocycles. The van der Waals surface area contributed by atoms with Gasteiger partial charge in [0.1, 0.15) is 5.75 Å². The molecule has 0 aliphatic heterocycles. The molecule has 152 valence electrons. The summed E-state index contributed by atoms with van der Waals surface area (Å²) in [5, 5.41) is 0.434. The summed E-state index contributed by atoms with van der Waals surface area (Å²) in [6.45, 7) is 10.6. The monoisotopic (exact) mass is 459 g/mol. The van der Waals surface area contributed by atoms with Gasteiger partial charge in [-0.15, -0.1) is 0 Å². The average molecular weight is 460 g/mol. The summed E-state index contributed by atoms with van der Waals surface area (Å²) in [6, 6.07) is 10.2. The van der Waals surface area contributed by atoms with Gasteiger partial charge in [0, 0.05) is 5.02 Å². The van der Waals surface area contributed by atoms with Crippen molar-refractivity contribution in [2.24, 2.45) is 0 Å². The molecule has 0 aliphatic carbocycles. The van der Waals surface area contributed by atoms with Crippen molar-refractivity contribution in [3.8, 4) is 5.75 Å². The van der Waals surface area contributed by atoms with E-state index in [4.69, 9.17) is 27.6 Å². The lowest BCUT2D eigenvalue weighted by Gasteiger charge is -2.36. The molecule has 0 spiro atoms. The van der Waals surface area contributed by atoms with E-state index in [-0.39, 0.29) is 20.5 Å². The Hall–Kier alpha value is -1.54. The first-order valence-electron chi connectivity index (χ1n) is 8.54. The van der Waals surface area contributed by atoms with Gasteiger partial charge in [-0.3, -0.25) is 4.79 Å². The lowest BCUT2D eigenvalue weighted by atomic mass is 10.2. The van der Waals surface area contributed by atoms with Crippen LogP contribution in [0.5, 0.6) is 5.75 Å². The van der Waals surface area contributed by atoms with E-state index in [1.807, 2.05) is 4.72 Å². The Morgan fingerprint density at radius 3 is 2.11 bits per heavy atom. The maximum Gasteiger partial charge on any atom is 0.266 e. The molecule has 0 saturated heterocycles. The summed E-state index contributed by atoms with van der Waals surface area (Å²) in [5.41, 5.74) is 0.0209. The van der Waals surface area contributed by atoms with Gasteiger partial charge >= 0.3 is 0 Å². The minimum absolute atomic E-state index is 0.0174. The molecule has 0 heterocycles. The second-order valence-electron chi connectivity index (χ2n) is 7.89. The highest BCUT2D eigenvalue weighted by atomic mass is 35.5. The molecule has 0 radical (unpaired) electrons. The van der Waals surface area contributed by atoms with Crippen molar-refractivity contribution in [1.82, 2.24) is 4.72 Å². The van der Waals surface area contributed by atoms with Crippen LogP contribution in [0.25, 0.3) is 0 Å². The maximum absolute atomic E-state index is 12.5. The van der Waals surface area contributed by atoms with Gasteiger partial charge < -0.3 is 4.43 Å². The van der Waals surface area contributed by atoms with Crippen LogP contribution in [0, 0.1) is 0 Å². The average Bonchev–Trinajstić information content (AvgIpc) is 2.53. The third-order valence-corrected chi connectivity index (χ3v) is 11.0. The Morgan fingerprint density at radius 1 is 1.04 bits per heavy atom. The van der Waals surface area contributed by atoms with E-state index in [0.717, 1.165) is 0 Å². The molecule has 0 unspecified atom stereocenters. The van der Waals surface area contributed by atoms with Gasteiger partial charge in [0.25, 0.3) is 15.9 Å². The Balaban J connectivity index is 2.19. The number of rotatable bonds is 5. The zero-order chi connectivity index (χ0) is 21.3. The first kappa shape index (κ1) is 22.7. The molecule has 0 atom stereocenters. The molecule has 2 rings (SSSR count). The van der Waals surface area contributed by atoms with Crippen molar-refractivity contribution in [1.29, 1.82) is 0 Å². The first-order valence-corrected chi connectivity index (χ1v) is 13.7. The third kappa shape index (κ3) is 5.29. The Kier molecular flexibility index (Phi) is 6.55. The second-order valence-corrected chi connectivity index (χ2v) is 15.1.